The Labute approximate surface area is 111 Å². The maximum Gasteiger partial charge on any atom is 0.119 e. The topological polar surface area (TPSA) is 53.1 Å². The second-order valence-electron chi connectivity index (χ2n) is 4.02. The molecule has 0 aliphatic carbocycles. The van der Waals surface area contributed by atoms with E-state index in [-0.39, 0.29) is 0 Å². The summed E-state index contributed by atoms with van der Waals surface area (Å²) < 4.78 is 7.40. The van der Waals surface area contributed by atoms with Gasteiger partial charge in [0, 0.05) is 12.7 Å². The third kappa shape index (κ3) is 3.24. The number of hydrogen-bond donors (Lipinski definition) is 1. The number of nitrogens with zero attached hydrogens (tertiary/aromatic N) is 2. The van der Waals surface area contributed by atoms with Gasteiger partial charge in [0.15, 0.2) is 0 Å². The van der Waals surface area contributed by atoms with Gasteiger partial charge in [-0.1, -0.05) is 23.7 Å². The van der Waals surface area contributed by atoms with Crippen molar-refractivity contribution in [2.45, 2.75) is 20.0 Å². The first-order valence-electron chi connectivity index (χ1n) is 5.80. The zero-order chi connectivity index (χ0) is 13.0. The summed E-state index contributed by atoms with van der Waals surface area (Å²) in [5.74, 6) is 0.835. The monoisotopic (exact) mass is 265 g/mol. The third-order valence-electron chi connectivity index (χ3n) is 2.63. The minimum absolute atomic E-state index is 0.547. The molecule has 0 fully saturated rings. The van der Waals surface area contributed by atoms with Crippen molar-refractivity contribution in [3.05, 3.63) is 46.7 Å². The average molecular weight is 266 g/mol. The van der Waals surface area contributed by atoms with Gasteiger partial charge in [-0.25, -0.2) is 0 Å². The van der Waals surface area contributed by atoms with Crippen LogP contribution in [0, 0.1) is 6.92 Å². The van der Waals surface area contributed by atoms with Crippen molar-refractivity contribution in [1.29, 1.82) is 0 Å². The van der Waals surface area contributed by atoms with Crippen LogP contribution in [0.2, 0.25) is 5.02 Å². The molecule has 0 saturated carbocycles. The van der Waals surface area contributed by atoms with Gasteiger partial charge in [0.1, 0.15) is 12.4 Å². The van der Waals surface area contributed by atoms with Gasteiger partial charge in [-0.2, -0.15) is 5.10 Å². The molecular formula is C13H16ClN3O. The molecule has 0 aliphatic heterocycles. The van der Waals surface area contributed by atoms with Gasteiger partial charge in [0.2, 0.25) is 0 Å². The van der Waals surface area contributed by atoms with Gasteiger partial charge < -0.3 is 10.5 Å². The van der Waals surface area contributed by atoms with Crippen LogP contribution in [0.4, 0.5) is 0 Å². The second kappa shape index (κ2) is 5.89. The number of nitrogens with two attached hydrogens (primary N) is 1. The van der Waals surface area contributed by atoms with Gasteiger partial charge in [-0.15, -0.1) is 0 Å². The Morgan fingerprint density at radius 1 is 1.33 bits per heavy atom. The number of halogens is 1. The summed E-state index contributed by atoms with van der Waals surface area (Å²) in [6.07, 6.45) is 1.80. The molecule has 0 radical (unpaired) electrons. The zero-order valence-corrected chi connectivity index (χ0v) is 11.0. The van der Waals surface area contributed by atoms with E-state index in [1.165, 1.54) is 0 Å². The van der Waals surface area contributed by atoms with Crippen molar-refractivity contribution in [1.82, 2.24) is 9.78 Å². The van der Waals surface area contributed by atoms with Crippen LogP contribution in [0.5, 0.6) is 5.75 Å². The largest absolute Gasteiger partial charge is 0.492 e. The molecule has 0 bridgehead atoms. The quantitative estimate of drug-likeness (QED) is 0.903. The molecular weight excluding hydrogens is 250 g/mol. The lowest BCUT2D eigenvalue weighted by molar-refractivity contribution is 0.291. The lowest BCUT2D eigenvalue weighted by Gasteiger charge is -2.06. The summed E-state index contributed by atoms with van der Waals surface area (Å²) in [5, 5.41) is 4.94. The highest BCUT2D eigenvalue weighted by atomic mass is 35.5. The van der Waals surface area contributed by atoms with Crippen LogP contribution in [-0.4, -0.2) is 16.4 Å². The lowest BCUT2D eigenvalue weighted by atomic mass is 10.2. The van der Waals surface area contributed by atoms with Gasteiger partial charge in [-0.05, 0) is 24.6 Å². The van der Waals surface area contributed by atoms with E-state index in [1.54, 1.807) is 10.9 Å². The number of aryl methyl sites for hydroxylation is 1. The molecule has 1 aromatic carbocycles. The van der Waals surface area contributed by atoms with Crippen LogP contribution >= 0.6 is 11.6 Å². The van der Waals surface area contributed by atoms with Gasteiger partial charge in [0.05, 0.1) is 17.3 Å². The number of hydrogen-bond acceptors (Lipinski definition) is 3. The van der Waals surface area contributed by atoms with E-state index < -0.39 is 0 Å². The predicted octanol–water partition coefficient (Wildman–Crippen LogP) is 2.38. The van der Waals surface area contributed by atoms with E-state index in [9.17, 15) is 0 Å². The molecule has 1 aromatic heterocycles. The summed E-state index contributed by atoms with van der Waals surface area (Å²) in [6.45, 7) is 3.65. The normalized spacial score (nSPS) is 10.6. The highest BCUT2D eigenvalue weighted by molar-refractivity contribution is 6.31. The molecule has 18 heavy (non-hydrogen) atoms. The molecule has 0 unspecified atom stereocenters. The van der Waals surface area contributed by atoms with Crippen molar-refractivity contribution >= 4 is 11.6 Å². The second-order valence-corrected chi connectivity index (χ2v) is 4.43. The average Bonchev–Trinajstić information content (AvgIpc) is 2.69. The van der Waals surface area contributed by atoms with E-state index in [0.717, 1.165) is 17.0 Å². The Morgan fingerprint density at radius 2 is 2.06 bits per heavy atom. The van der Waals surface area contributed by atoms with Crippen molar-refractivity contribution < 1.29 is 4.74 Å². The molecule has 0 aliphatic rings. The Morgan fingerprint density at radius 3 is 2.61 bits per heavy atom. The van der Waals surface area contributed by atoms with Crippen molar-refractivity contribution in [2.75, 3.05) is 6.61 Å². The van der Waals surface area contributed by atoms with Crippen molar-refractivity contribution in [3.8, 4) is 5.75 Å². The summed E-state index contributed by atoms with van der Waals surface area (Å²) in [5.41, 5.74) is 7.46. The molecule has 2 N–H and O–H groups in total. The van der Waals surface area contributed by atoms with Crippen LogP contribution in [0.1, 0.15) is 11.3 Å². The molecule has 0 saturated heterocycles. The minimum atomic E-state index is 0.547. The van der Waals surface area contributed by atoms with Crippen LogP contribution in [0.15, 0.2) is 30.5 Å². The van der Waals surface area contributed by atoms with Crippen molar-refractivity contribution in [2.24, 2.45) is 5.73 Å². The van der Waals surface area contributed by atoms with Crippen LogP contribution in [0.25, 0.3) is 0 Å². The predicted molar refractivity (Wildman–Crippen MR) is 71.8 cm³/mol. The maximum atomic E-state index is 5.92. The van der Waals surface area contributed by atoms with Crippen LogP contribution < -0.4 is 10.5 Å². The zero-order valence-electron chi connectivity index (χ0n) is 10.3. The smallest absolute Gasteiger partial charge is 0.119 e. The van der Waals surface area contributed by atoms with E-state index in [0.29, 0.717) is 24.7 Å². The summed E-state index contributed by atoms with van der Waals surface area (Å²) in [4.78, 5) is 0. The van der Waals surface area contributed by atoms with Crippen LogP contribution in [-0.2, 0) is 13.1 Å². The first-order chi connectivity index (χ1) is 8.69. The van der Waals surface area contributed by atoms with Gasteiger partial charge in [0.25, 0.3) is 0 Å². The molecule has 2 rings (SSSR count). The fourth-order valence-electron chi connectivity index (χ4n) is 1.59. The number of rotatable bonds is 5. The molecule has 96 valence electrons. The number of aromatic nitrogens is 2. The van der Waals surface area contributed by atoms with Crippen LogP contribution in [0.3, 0.4) is 0 Å². The molecule has 0 spiro atoms. The standard InChI is InChI=1S/C13H16ClN3O/c1-10-13(14)9-17(16-10)6-7-18-12-4-2-11(8-15)3-5-12/h2-5,9H,6-8,15H2,1H3. The lowest BCUT2D eigenvalue weighted by Crippen LogP contribution is -2.08. The Balaban J connectivity index is 1.84. The molecule has 2 aromatic rings. The molecule has 1 heterocycles. The highest BCUT2D eigenvalue weighted by Crippen LogP contribution is 2.13. The SMILES string of the molecule is Cc1nn(CCOc2ccc(CN)cc2)cc1Cl. The van der Waals surface area contributed by atoms with E-state index in [1.807, 2.05) is 31.2 Å². The molecule has 5 heteroatoms. The van der Waals surface area contributed by atoms with E-state index in [4.69, 9.17) is 22.1 Å². The Kier molecular flexibility index (Phi) is 4.23. The summed E-state index contributed by atoms with van der Waals surface area (Å²) >= 11 is 5.92. The fourth-order valence-corrected chi connectivity index (χ4v) is 1.74. The highest BCUT2D eigenvalue weighted by Gasteiger charge is 2.01. The molecule has 0 amide bonds. The first kappa shape index (κ1) is 12.9. The number of ether oxygens (including phenoxy) is 1. The Bertz CT molecular complexity index is 488. The summed E-state index contributed by atoms with van der Waals surface area (Å²) in [6, 6.07) is 7.77. The Hall–Kier alpha value is -1.52. The van der Waals surface area contributed by atoms with E-state index in [2.05, 4.69) is 5.10 Å². The minimum Gasteiger partial charge on any atom is -0.492 e. The molecule has 0 atom stereocenters. The first-order valence-corrected chi connectivity index (χ1v) is 6.18. The maximum absolute atomic E-state index is 5.92. The number of benzene rings is 1. The molecule has 4 nitrogen and oxygen atoms in total. The van der Waals surface area contributed by atoms with Crippen molar-refractivity contribution in [3.63, 3.8) is 0 Å². The van der Waals surface area contributed by atoms with Gasteiger partial charge in [-0.3, -0.25) is 4.68 Å². The van der Waals surface area contributed by atoms with E-state index >= 15 is 0 Å². The summed E-state index contributed by atoms with van der Waals surface area (Å²) in [7, 11) is 0. The van der Waals surface area contributed by atoms with Gasteiger partial charge >= 0.3 is 0 Å². The third-order valence-corrected chi connectivity index (χ3v) is 3.01. The fraction of sp³-hybridized carbons (Fsp3) is 0.308.